The zero-order valence-electron chi connectivity index (χ0n) is 8.63. The Kier molecular flexibility index (Phi) is 4.96. The largest absolute Gasteiger partial charge is 0.469 e. The Balaban J connectivity index is 2.79. The molecule has 0 saturated heterocycles. The van der Waals surface area contributed by atoms with Crippen molar-refractivity contribution >= 4 is 38.7 Å². The highest BCUT2D eigenvalue weighted by Crippen LogP contribution is 2.20. The van der Waals surface area contributed by atoms with Gasteiger partial charge in [0.1, 0.15) is 0 Å². The molecule has 0 amide bonds. The molecule has 0 heterocycles. The summed E-state index contributed by atoms with van der Waals surface area (Å²) in [4.78, 5) is 22.0. The zero-order chi connectivity index (χ0) is 12.1. The summed E-state index contributed by atoms with van der Waals surface area (Å²) in [7, 11) is 1.34. The van der Waals surface area contributed by atoms with Crippen molar-refractivity contribution in [2.24, 2.45) is 0 Å². The first-order valence-corrected chi connectivity index (χ1v) is 5.76. The molecule has 0 aliphatic carbocycles. The average Bonchev–Trinajstić information content (AvgIpc) is 2.27. The number of hydrogen-bond acceptors (Lipinski definition) is 3. The molecule has 0 aliphatic heterocycles. The molecular weight excluding hydrogens is 295 g/mol. The van der Waals surface area contributed by atoms with Crippen LogP contribution in [0.3, 0.4) is 0 Å². The molecule has 0 bridgehead atoms. The van der Waals surface area contributed by atoms with Crippen LogP contribution in [0, 0.1) is 0 Å². The summed E-state index contributed by atoms with van der Waals surface area (Å²) in [5.74, 6) is -0.276. The first kappa shape index (κ1) is 13.2. The van der Waals surface area contributed by atoms with Gasteiger partial charge >= 0.3 is 5.97 Å². The van der Waals surface area contributed by atoms with E-state index in [2.05, 4.69) is 20.7 Å². The summed E-state index contributed by atoms with van der Waals surface area (Å²) in [6.45, 7) is 0. The van der Waals surface area contributed by atoms with Gasteiger partial charge in [0.25, 0.3) is 5.24 Å². The van der Waals surface area contributed by atoms with Crippen LogP contribution in [0.1, 0.15) is 22.3 Å². The molecule has 0 saturated carbocycles. The van der Waals surface area contributed by atoms with Gasteiger partial charge in [0.15, 0.2) is 0 Å². The number of benzene rings is 1. The van der Waals surface area contributed by atoms with E-state index in [0.29, 0.717) is 16.5 Å². The maximum atomic E-state index is 11.1. The van der Waals surface area contributed by atoms with Gasteiger partial charge in [-0.05, 0) is 51.6 Å². The normalized spacial score (nSPS) is 9.94. The minimum Gasteiger partial charge on any atom is -0.469 e. The molecule has 0 aromatic heterocycles. The lowest BCUT2D eigenvalue weighted by Crippen LogP contribution is -2.02. The van der Waals surface area contributed by atoms with Crippen LogP contribution < -0.4 is 0 Å². The van der Waals surface area contributed by atoms with E-state index in [1.54, 1.807) is 12.1 Å². The Labute approximate surface area is 107 Å². The highest BCUT2D eigenvalue weighted by Gasteiger charge is 2.09. The summed E-state index contributed by atoms with van der Waals surface area (Å²) in [5.41, 5.74) is 1.28. The second-order valence-electron chi connectivity index (χ2n) is 3.16. The van der Waals surface area contributed by atoms with E-state index in [1.807, 2.05) is 6.07 Å². The molecule has 0 fully saturated rings. The molecule has 16 heavy (non-hydrogen) atoms. The van der Waals surface area contributed by atoms with Gasteiger partial charge < -0.3 is 4.74 Å². The quantitative estimate of drug-likeness (QED) is 0.634. The van der Waals surface area contributed by atoms with Crippen LogP contribution >= 0.6 is 27.5 Å². The van der Waals surface area contributed by atoms with Gasteiger partial charge in [-0.3, -0.25) is 9.59 Å². The van der Waals surface area contributed by atoms with Crippen molar-refractivity contribution in [2.45, 2.75) is 12.8 Å². The second kappa shape index (κ2) is 6.01. The lowest BCUT2D eigenvalue weighted by atomic mass is 10.1. The van der Waals surface area contributed by atoms with Crippen molar-refractivity contribution in [3.05, 3.63) is 33.8 Å². The zero-order valence-corrected chi connectivity index (χ0v) is 11.0. The van der Waals surface area contributed by atoms with Gasteiger partial charge in [0, 0.05) is 16.5 Å². The van der Waals surface area contributed by atoms with Crippen molar-refractivity contribution < 1.29 is 14.3 Å². The fourth-order valence-corrected chi connectivity index (χ4v) is 1.92. The van der Waals surface area contributed by atoms with E-state index in [4.69, 9.17) is 11.6 Å². The number of aryl methyl sites for hydroxylation is 1. The Hall–Kier alpha value is -0.870. The number of halogens is 2. The maximum absolute atomic E-state index is 11.1. The Morgan fingerprint density at radius 1 is 1.44 bits per heavy atom. The van der Waals surface area contributed by atoms with E-state index in [9.17, 15) is 9.59 Å². The highest BCUT2D eigenvalue weighted by atomic mass is 79.9. The van der Waals surface area contributed by atoms with Crippen molar-refractivity contribution in [1.82, 2.24) is 0 Å². The number of hydrogen-bond donors (Lipinski definition) is 0. The molecule has 0 atom stereocenters. The number of rotatable bonds is 4. The van der Waals surface area contributed by atoms with E-state index < -0.39 is 5.24 Å². The third-order valence-electron chi connectivity index (χ3n) is 2.09. The average molecular weight is 306 g/mol. The minimum atomic E-state index is -0.521. The number of ether oxygens (including phenoxy) is 1. The van der Waals surface area contributed by atoms with Gasteiger partial charge in [0.2, 0.25) is 0 Å². The van der Waals surface area contributed by atoms with Crippen LogP contribution in [-0.2, 0) is 16.0 Å². The Bertz CT molecular complexity index is 418. The molecule has 3 nitrogen and oxygen atoms in total. The first-order valence-electron chi connectivity index (χ1n) is 4.59. The van der Waals surface area contributed by atoms with Gasteiger partial charge in [-0.2, -0.15) is 0 Å². The maximum Gasteiger partial charge on any atom is 0.305 e. The lowest BCUT2D eigenvalue weighted by Gasteiger charge is -2.04. The van der Waals surface area contributed by atoms with Crippen LogP contribution in [0.15, 0.2) is 22.7 Å². The molecule has 1 rings (SSSR count). The number of carbonyl (C=O) groups excluding carboxylic acids is 2. The minimum absolute atomic E-state index is 0.276. The summed E-state index contributed by atoms with van der Waals surface area (Å²) >= 11 is 8.64. The summed E-state index contributed by atoms with van der Waals surface area (Å²) in [5, 5.41) is -0.521. The van der Waals surface area contributed by atoms with Crippen LogP contribution in [-0.4, -0.2) is 18.3 Å². The molecule has 0 unspecified atom stereocenters. The summed E-state index contributed by atoms with van der Waals surface area (Å²) in [6, 6.07) is 5.24. The van der Waals surface area contributed by atoms with E-state index >= 15 is 0 Å². The third kappa shape index (κ3) is 3.61. The van der Waals surface area contributed by atoms with Crippen LogP contribution in [0.5, 0.6) is 0 Å². The molecule has 86 valence electrons. The SMILES string of the molecule is COC(=O)CCc1ccc(Br)c(C(=O)Cl)c1. The van der Waals surface area contributed by atoms with Crippen molar-refractivity contribution in [1.29, 1.82) is 0 Å². The van der Waals surface area contributed by atoms with Crippen molar-refractivity contribution in [3.8, 4) is 0 Å². The fourth-order valence-electron chi connectivity index (χ4n) is 1.23. The first-order chi connectivity index (χ1) is 7.54. The smallest absolute Gasteiger partial charge is 0.305 e. The summed E-state index contributed by atoms with van der Waals surface area (Å²) in [6.07, 6.45) is 0.811. The monoisotopic (exact) mass is 304 g/mol. The van der Waals surface area contributed by atoms with Gasteiger partial charge in [-0.25, -0.2) is 0 Å². The van der Waals surface area contributed by atoms with Crippen LogP contribution in [0.2, 0.25) is 0 Å². The third-order valence-corrected chi connectivity index (χ3v) is 2.98. The predicted molar refractivity (Wildman–Crippen MR) is 64.7 cm³/mol. The van der Waals surface area contributed by atoms with Crippen LogP contribution in [0.4, 0.5) is 0 Å². The summed E-state index contributed by atoms with van der Waals surface area (Å²) < 4.78 is 5.18. The number of esters is 1. The predicted octanol–water partition coefficient (Wildman–Crippen LogP) is 2.93. The van der Waals surface area contributed by atoms with Gasteiger partial charge in [0.05, 0.1) is 7.11 Å². The fraction of sp³-hybridized carbons (Fsp3) is 0.273. The lowest BCUT2D eigenvalue weighted by molar-refractivity contribution is -0.140. The van der Waals surface area contributed by atoms with Crippen molar-refractivity contribution in [3.63, 3.8) is 0 Å². The molecule has 1 aromatic rings. The molecule has 1 aromatic carbocycles. The highest BCUT2D eigenvalue weighted by molar-refractivity contribution is 9.10. The van der Waals surface area contributed by atoms with E-state index in [-0.39, 0.29) is 12.4 Å². The molecule has 5 heteroatoms. The Morgan fingerprint density at radius 3 is 2.69 bits per heavy atom. The second-order valence-corrected chi connectivity index (χ2v) is 4.36. The molecule has 0 spiro atoms. The molecule has 0 N–H and O–H groups in total. The molecular formula is C11H10BrClO3. The van der Waals surface area contributed by atoms with E-state index in [1.165, 1.54) is 7.11 Å². The topological polar surface area (TPSA) is 43.4 Å². The van der Waals surface area contributed by atoms with Gasteiger partial charge in [-0.1, -0.05) is 6.07 Å². The number of carbonyl (C=O) groups is 2. The van der Waals surface area contributed by atoms with Crippen molar-refractivity contribution in [2.75, 3.05) is 7.11 Å². The van der Waals surface area contributed by atoms with Gasteiger partial charge in [-0.15, -0.1) is 0 Å². The number of methoxy groups -OCH3 is 1. The standard InChI is InChI=1S/C11H10BrClO3/c1-16-10(14)5-3-7-2-4-9(12)8(6-7)11(13)15/h2,4,6H,3,5H2,1H3. The Morgan fingerprint density at radius 2 is 2.12 bits per heavy atom. The van der Waals surface area contributed by atoms with E-state index in [0.717, 1.165) is 5.56 Å². The molecule has 0 aliphatic rings. The van der Waals surface area contributed by atoms with Crippen LogP contribution in [0.25, 0.3) is 0 Å². The molecule has 0 radical (unpaired) electrons.